The van der Waals surface area contributed by atoms with Gasteiger partial charge in [-0.1, -0.05) is 6.42 Å². The quantitative estimate of drug-likeness (QED) is 0.908. The highest BCUT2D eigenvalue weighted by atomic mass is 16.3. The first-order chi connectivity index (χ1) is 9.65. The smallest absolute Gasteiger partial charge is 0.134 e. The molecule has 0 bridgehead atoms. The van der Waals surface area contributed by atoms with Crippen LogP contribution in [0.25, 0.3) is 0 Å². The third-order valence-electron chi connectivity index (χ3n) is 4.75. The van der Waals surface area contributed by atoms with E-state index in [4.69, 9.17) is 0 Å². The summed E-state index contributed by atoms with van der Waals surface area (Å²) in [6, 6.07) is 1.17. The number of likely N-dealkylation sites (tertiary alicyclic amines) is 1. The maximum Gasteiger partial charge on any atom is 0.134 e. The summed E-state index contributed by atoms with van der Waals surface area (Å²) in [7, 11) is 0. The monoisotopic (exact) mass is 278 g/mol. The maximum absolute atomic E-state index is 9.86. The summed E-state index contributed by atoms with van der Waals surface area (Å²) in [6.45, 7) is 6.43. The van der Waals surface area contributed by atoms with Crippen molar-refractivity contribution in [2.45, 2.75) is 77.1 Å². The molecule has 1 saturated heterocycles. The van der Waals surface area contributed by atoms with Crippen molar-refractivity contribution >= 4 is 0 Å². The van der Waals surface area contributed by atoms with Gasteiger partial charge in [0.05, 0.1) is 12.6 Å². The first-order valence-corrected chi connectivity index (χ1v) is 8.00. The van der Waals surface area contributed by atoms with Crippen LogP contribution in [0, 0.1) is 0 Å². The van der Waals surface area contributed by atoms with Gasteiger partial charge in [-0.15, -0.1) is 10.2 Å². The highest BCUT2D eigenvalue weighted by molar-refractivity contribution is 5.03. The Morgan fingerprint density at radius 3 is 2.90 bits per heavy atom. The van der Waals surface area contributed by atoms with Crippen LogP contribution < -0.4 is 0 Å². The molecule has 0 amide bonds. The minimum Gasteiger partial charge on any atom is -0.391 e. The van der Waals surface area contributed by atoms with Crippen molar-refractivity contribution < 1.29 is 5.11 Å². The van der Waals surface area contributed by atoms with Crippen LogP contribution in [0.5, 0.6) is 0 Å². The molecule has 3 heterocycles. The first-order valence-electron chi connectivity index (χ1n) is 8.00. The number of aliphatic hydroxyl groups is 1. The molecule has 2 unspecified atom stereocenters. The highest BCUT2D eigenvalue weighted by Crippen LogP contribution is 2.24. The number of hydrogen-bond acceptors (Lipinski definition) is 4. The number of hydrogen-bond donors (Lipinski definition) is 1. The second-order valence-electron chi connectivity index (χ2n) is 6.52. The minimum atomic E-state index is -0.232. The molecule has 1 fully saturated rings. The largest absolute Gasteiger partial charge is 0.391 e. The second kappa shape index (κ2) is 5.82. The lowest BCUT2D eigenvalue weighted by Crippen LogP contribution is -2.45. The molecule has 5 nitrogen and oxygen atoms in total. The van der Waals surface area contributed by atoms with E-state index in [0.717, 1.165) is 30.9 Å². The molecule has 1 N–H and O–H groups in total. The molecule has 112 valence electrons. The Hall–Kier alpha value is -0.940. The van der Waals surface area contributed by atoms with Gasteiger partial charge in [-0.2, -0.15) is 0 Å². The summed E-state index contributed by atoms with van der Waals surface area (Å²) in [5.74, 6) is 2.12. The summed E-state index contributed by atoms with van der Waals surface area (Å²) >= 11 is 0. The Kier molecular flexibility index (Phi) is 4.08. The molecule has 0 aliphatic carbocycles. The van der Waals surface area contributed by atoms with Gasteiger partial charge in [-0.25, -0.2) is 0 Å². The van der Waals surface area contributed by atoms with Gasteiger partial charge in [0.2, 0.25) is 0 Å². The molecule has 1 aromatic heterocycles. The van der Waals surface area contributed by atoms with Gasteiger partial charge >= 0.3 is 0 Å². The highest BCUT2D eigenvalue weighted by Gasteiger charge is 2.28. The van der Waals surface area contributed by atoms with E-state index in [1.807, 2.05) is 0 Å². The normalized spacial score (nSPS) is 27.8. The van der Waals surface area contributed by atoms with Gasteiger partial charge in [0.1, 0.15) is 11.6 Å². The minimum absolute atomic E-state index is 0.232. The summed E-state index contributed by atoms with van der Waals surface area (Å²) in [5, 5.41) is 18.6. The molecule has 3 rings (SSSR count). The molecule has 0 aromatic carbocycles. The van der Waals surface area contributed by atoms with E-state index in [1.54, 1.807) is 0 Å². The average molecular weight is 278 g/mol. The van der Waals surface area contributed by atoms with Gasteiger partial charge in [0.25, 0.3) is 0 Å². The van der Waals surface area contributed by atoms with Crippen molar-refractivity contribution in [1.29, 1.82) is 0 Å². The van der Waals surface area contributed by atoms with Crippen LogP contribution in [-0.2, 0) is 19.4 Å². The zero-order valence-corrected chi connectivity index (χ0v) is 12.6. The summed E-state index contributed by atoms with van der Waals surface area (Å²) in [4.78, 5) is 2.60. The van der Waals surface area contributed by atoms with E-state index in [9.17, 15) is 5.11 Å². The number of nitrogens with zero attached hydrogens (tertiary/aromatic N) is 4. The van der Waals surface area contributed by atoms with E-state index in [-0.39, 0.29) is 6.10 Å². The third-order valence-corrected chi connectivity index (χ3v) is 4.75. The van der Waals surface area contributed by atoms with Crippen LogP contribution in [0.15, 0.2) is 0 Å². The third kappa shape index (κ3) is 2.74. The molecule has 20 heavy (non-hydrogen) atoms. The van der Waals surface area contributed by atoms with Gasteiger partial charge in [-0.05, 0) is 39.7 Å². The van der Waals surface area contributed by atoms with Crippen LogP contribution >= 0.6 is 0 Å². The number of rotatable bonds is 3. The van der Waals surface area contributed by atoms with E-state index in [0.29, 0.717) is 18.6 Å². The summed E-state index contributed by atoms with van der Waals surface area (Å²) in [5.41, 5.74) is 0. The van der Waals surface area contributed by atoms with Crippen molar-refractivity contribution in [3.05, 3.63) is 11.6 Å². The van der Waals surface area contributed by atoms with Crippen LogP contribution in [0.4, 0.5) is 0 Å². The van der Waals surface area contributed by atoms with Gasteiger partial charge in [-0.3, -0.25) is 4.90 Å². The van der Waals surface area contributed by atoms with Gasteiger partial charge in [0.15, 0.2) is 0 Å². The first kappa shape index (κ1) is 14.0. The molecule has 5 heteroatoms. The van der Waals surface area contributed by atoms with Crippen LogP contribution in [0.3, 0.4) is 0 Å². The lowest BCUT2D eigenvalue weighted by Gasteiger charge is -2.38. The molecule has 0 saturated carbocycles. The van der Waals surface area contributed by atoms with Crippen LogP contribution in [0.2, 0.25) is 0 Å². The topological polar surface area (TPSA) is 54.2 Å². The molecular weight excluding hydrogens is 252 g/mol. The average Bonchev–Trinajstić information content (AvgIpc) is 2.82. The number of aliphatic hydroxyl groups excluding tert-OH is 1. The second-order valence-corrected chi connectivity index (χ2v) is 6.52. The fraction of sp³-hybridized carbons (Fsp3) is 0.867. The SMILES string of the molecule is CC(C)N1CCCCC1Cc1nnc2n1CC(O)CC2. The van der Waals surface area contributed by atoms with E-state index in [1.165, 1.54) is 25.8 Å². The lowest BCUT2D eigenvalue weighted by molar-refractivity contribution is 0.105. The van der Waals surface area contributed by atoms with Gasteiger partial charge in [0, 0.05) is 24.9 Å². The molecule has 2 aliphatic heterocycles. The van der Waals surface area contributed by atoms with Crippen molar-refractivity contribution in [1.82, 2.24) is 19.7 Å². The van der Waals surface area contributed by atoms with Crippen molar-refractivity contribution in [3.63, 3.8) is 0 Å². The standard InChI is InChI=1S/C15H26N4O/c1-11(2)18-8-4-3-5-12(18)9-15-17-16-14-7-6-13(20)10-19(14)15/h11-13,20H,3-10H2,1-2H3. The predicted octanol–water partition coefficient (Wildman–Crippen LogP) is 1.39. The lowest BCUT2D eigenvalue weighted by atomic mass is 9.97. The Balaban J connectivity index is 1.75. The zero-order chi connectivity index (χ0) is 14.1. The molecular formula is C15H26N4O. The maximum atomic E-state index is 9.86. The predicted molar refractivity (Wildman–Crippen MR) is 77.5 cm³/mol. The number of piperidine rings is 1. The molecule has 0 spiro atoms. The Morgan fingerprint density at radius 1 is 1.25 bits per heavy atom. The van der Waals surface area contributed by atoms with Crippen LogP contribution in [-0.4, -0.2) is 49.5 Å². The van der Waals surface area contributed by atoms with Crippen molar-refractivity contribution in [2.75, 3.05) is 6.54 Å². The number of aryl methyl sites for hydroxylation is 1. The fourth-order valence-corrected chi connectivity index (χ4v) is 3.65. The molecule has 2 aliphatic rings. The van der Waals surface area contributed by atoms with Crippen molar-refractivity contribution in [2.24, 2.45) is 0 Å². The Morgan fingerprint density at radius 2 is 2.10 bits per heavy atom. The molecule has 2 atom stereocenters. The summed E-state index contributed by atoms with van der Waals surface area (Å²) in [6.07, 6.45) is 6.29. The van der Waals surface area contributed by atoms with Gasteiger partial charge < -0.3 is 9.67 Å². The molecule has 0 radical (unpaired) electrons. The number of aromatic nitrogens is 3. The Labute approximate surface area is 121 Å². The van der Waals surface area contributed by atoms with Crippen LogP contribution in [0.1, 0.15) is 51.2 Å². The van der Waals surface area contributed by atoms with Crippen molar-refractivity contribution in [3.8, 4) is 0 Å². The Bertz CT molecular complexity index is 457. The zero-order valence-electron chi connectivity index (χ0n) is 12.6. The van der Waals surface area contributed by atoms with E-state index in [2.05, 4.69) is 33.5 Å². The summed E-state index contributed by atoms with van der Waals surface area (Å²) < 4.78 is 2.15. The van der Waals surface area contributed by atoms with E-state index < -0.39 is 0 Å². The number of fused-ring (bicyclic) bond motifs is 1. The fourth-order valence-electron chi connectivity index (χ4n) is 3.65. The van der Waals surface area contributed by atoms with E-state index >= 15 is 0 Å². The molecule has 1 aromatic rings.